The molecule has 0 fully saturated rings. The zero-order chi connectivity index (χ0) is 31.2. The number of amides is 1. The van der Waals surface area contributed by atoms with Gasteiger partial charge in [0.15, 0.2) is 0 Å². The second-order valence-electron chi connectivity index (χ2n) is 12.2. The van der Waals surface area contributed by atoms with Crippen molar-refractivity contribution in [3.8, 4) is 0 Å². The van der Waals surface area contributed by atoms with Crippen molar-refractivity contribution in [2.75, 3.05) is 10.2 Å². The Bertz CT molecular complexity index is 1820. The molecule has 0 saturated carbocycles. The number of ether oxygens (including phenoxy) is 1. The highest BCUT2D eigenvalue weighted by atomic mass is 16.6. The van der Waals surface area contributed by atoms with E-state index in [1.807, 2.05) is 63.2 Å². The lowest BCUT2D eigenvalue weighted by Gasteiger charge is -2.27. The topological polar surface area (TPSA) is 67.3 Å². The molecule has 6 nitrogen and oxygen atoms in total. The van der Waals surface area contributed by atoms with Gasteiger partial charge in [-0.2, -0.15) is 4.98 Å². The Morgan fingerprint density at radius 3 is 2.00 bits per heavy atom. The quantitative estimate of drug-likeness (QED) is 0.181. The number of carbonyl (C=O) groups excluding carboxylic acids is 1. The molecule has 0 bridgehead atoms. The first-order chi connectivity index (χ1) is 21.8. The summed E-state index contributed by atoms with van der Waals surface area (Å²) >= 11 is 0. The number of hydrogen-bond donors (Lipinski definition) is 1. The smallest absolute Gasteiger partial charge is 0.416 e. The average Bonchev–Trinajstić information content (AvgIpc) is 3.05. The highest BCUT2D eigenvalue weighted by Gasteiger charge is 2.26. The van der Waals surface area contributed by atoms with E-state index in [9.17, 15) is 4.79 Å². The van der Waals surface area contributed by atoms with Crippen molar-refractivity contribution >= 4 is 39.4 Å². The second kappa shape index (κ2) is 13.2. The fourth-order valence-corrected chi connectivity index (χ4v) is 5.54. The summed E-state index contributed by atoms with van der Waals surface area (Å²) in [5.74, 6) is 0.964. The van der Waals surface area contributed by atoms with E-state index in [0.29, 0.717) is 31.3 Å². The van der Waals surface area contributed by atoms with Crippen molar-refractivity contribution in [3.63, 3.8) is 0 Å². The molecule has 45 heavy (non-hydrogen) atoms. The molecule has 1 heterocycles. The predicted octanol–water partition coefficient (Wildman–Crippen LogP) is 9.12. The van der Waals surface area contributed by atoms with E-state index in [0.717, 1.165) is 23.2 Å². The normalized spacial score (nSPS) is 11.4. The molecule has 5 aromatic carbocycles. The minimum absolute atomic E-state index is 0.318. The number of nitrogens with zero attached hydrogens (tertiary/aromatic N) is 3. The van der Waals surface area contributed by atoms with Gasteiger partial charge in [-0.15, -0.1) is 0 Å². The van der Waals surface area contributed by atoms with Crippen LogP contribution in [0.25, 0.3) is 21.5 Å². The Morgan fingerprint density at radius 2 is 1.31 bits per heavy atom. The molecule has 1 aromatic heterocycles. The molecule has 0 radical (unpaired) electrons. The number of nitrogens with one attached hydrogen (secondary N) is 1. The van der Waals surface area contributed by atoms with Crippen LogP contribution in [0.2, 0.25) is 0 Å². The van der Waals surface area contributed by atoms with E-state index < -0.39 is 11.7 Å². The number of fused-ring (bicyclic) bond motifs is 2. The lowest BCUT2D eigenvalue weighted by Crippen LogP contribution is -2.37. The summed E-state index contributed by atoms with van der Waals surface area (Å²) in [5.41, 5.74) is 3.56. The van der Waals surface area contributed by atoms with Gasteiger partial charge in [0.2, 0.25) is 5.95 Å². The summed E-state index contributed by atoms with van der Waals surface area (Å²) in [4.78, 5) is 25.1. The van der Waals surface area contributed by atoms with E-state index >= 15 is 0 Å². The van der Waals surface area contributed by atoms with Gasteiger partial charge in [0.05, 0.1) is 6.54 Å². The van der Waals surface area contributed by atoms with E-state index in [1.54, 1.807) is 4.90 Å². The first kappa shape index (κ1) is 29.8. The number of hydrogen-bond acceptors (Lipinski definition) is 5. The SMILES string of the molecule is CC(C)(C)OC(=O)N(Cc1ccccc1)c1cc(CCc2cccc3ccccc23)nc(NCc2cccc3ccccc23)n1. The maximum absolute atomic E-state index is 13.7. The van der Waals surface area contributed by atoms with Crippen LogP contribution in [-0.2, 0) is 30.7 Å². The number of aromatic nitrogens is 2. The van der Waals surface area contributed by atoms with E-state index in [2.05, 4.69) is 84.2 Å². The number of benzene rings is 5. The monoisotopic (exact) mass is 594 g/mol. The van der Waals surface area contributed by atoms with Crippen molar-refractivity contribution in [3.05, 3.63) is 144 Å². The molecule has 1 N–H and O–H groups in total. The average molecular weight is 595 g/mol. The maximum Gasteiger partial charge on any atom is 0.416 e. The molecule has 0 saturated heterocycles. The largest absolute Gasteiger partial charge is 0.443 e. The number of aryl methyl sites for hydroxylation is 2. The first-order valence-corrected chi connectivity index (χ1v) is 15.4. The highest BCUT2D eigenvalue weighted by Crippen LogP contribution is 2.25. The molecule has 0 aliphatic rings. The van der Waals surface area contributed by atoms with Crippen LogP contribution >= 0.6 is 0 Å². The molecule has 0 aliphatic heterocycles. The van der Waals surface area contributed by atoms with Crippen molar-refractivity contribution in [2.24, 2.45) is 0 Å². The molecule has 0 aliphatic carbocycles. The van der Waals surface area contributed by atoms with E-state index in [-0.39, 0.29) is 0 Å². The van der Waals surface area contributed by atoms with Gasteiger partial charge in [0.1, 0.15) is 11.4 Å². The summed E-state index contributed by atoms with van der Waals surface area (Å²) in [5, 5.41) is 8.28. The van der Waals surface area contributed by atoms with Crippen molar-refractivity contribution in [2.45, 2.75) is 52.3 Å². The third kappa shape index (κ3) is 7.47. The van der Waals surface area contributed by atoms with Crippen LogP contribution in [0, 0.1) is 0 Å². The Morgan fingerprint density at radius 1 is 0.711 bits per heavy atom. The zero-order valence-corrected chi connectivity index (χ0v) is 26.0. The second-order valence-corrected chi connectivity index (χ2v) is 12.2. The zero-order valence-electron chi connectivity index (χ0n) is 26.0. The van der Waals surface area contributed by atoms with Gasteiger partial charge < -0.3 is 10.1 Å². The minimum Gasteiger partial charge on any atom is -0.443 e. The van der Waals surface area contributed by atoms with Crippen LogP contribution < -0.4 is 10.2 Å². The third-order valence-corrected chi connectivity index (χ3v) is 7.69. The van der Waals surface area contributed by atoms with Crippen LogP contribution in [0.4, 0.5) is 16.6 Å². The molecular weight excluding hydrogens is 556 g/mol. The van der Waals surface area contributed by atoms with Gasteiger partial charge in [0.25, 0.3) is 0 Å². The summed E-state index contributed by atoms with van der Waals surface area (Å²) in [6.45, 7) is 6.48. The molecule has 6 aromatic rings. The van der Waals surface area contributed by atoms with Gasteiger partial charge in [-0.1, -0.05) is 115 Å². The van der Waals surface area contributed by atoms with Crippen LogP contribution in [0.5, 0.6) is 0 Å². The number of rotatable bonds is 9. The molecule has 226 valence electrons. The van der Waals surface area contributed by atoms with Crippen molar-refractivity contribution < 1.29 is 9.53 Å². The van der Waals surface area contributed by atoms with Gasteiger partial charge in [-0.25, -0.2) is 9.78 Å². The third-order valence-electron chi connectivity index (χ3n) is 7.69. The minimum atomic E-state index is -0.661. The Hall–Kier alpha value is -5.23. The summed E-state index contributed by atoms with van der Waals surface area (Å²) < 4.78 is 5.87. The van der Waals surface area contributed by atoms with E-state index in [4.69, 9.17) is 14.7 Å². The molecule has 6 heteroatoms. The number of carbonyl (C=O) groups is 1. The Balaban J connectivity index is 1.36. The highest BCUT2D eigenvalue weighted by molar-refractivity contribution is 5.88. The summed E-state index contributed by atoms with van der Waals surface area (Å²) in [7, 11) is 0. The first-order valence-electron chi connectivity index (χ1n) is 15.4. The molecule has 1 amide bonds. The molecule has 0 atom stereocenters. The Kier molecular flexibility index (Phi) is 8.74. The van der Waals surface area contributed by atoms with Crippen molar-refractivity contribution in [1.82, 2.24) is 9.97 Å². The van der Waals surface area contributed by atoms with Gasteiger partial charge in [-0.05, 0) is 71.8 Å². The summed E-state index contributed by atoms with van der Waals surface area (Å²) in [6, 6.07) is 41.3. The molecule has 0 spiro atoms. The lowest BCUT2D eigenvalue weighted by molar-refractivity contribution is 0.0576. The fraction of sp³-hybridized carbons (Fsp3) is 0.205. The maximum atomic E-state index is 13.7. The van der Waals surface area contributed by atoms with Crippen LogP contribution in [0.1, 0.15) is 43.2 Å². The van der Waals surface area contributed by atoms with Crippen LogP contribution in [-0.4, -0.2) is 21.7 Å². The molecular formula is C39H38N4O2. The van der Waals surface area contributed by atoms with E-state index in [1.165, 1.54) is 27.1 Å². The molecule has 6 rings (SSSR count). The van der Waals surface area contributed by atoms with Crippen molar-refractivity contribution in [1.29, 1.82) is 0 Å². The fourth-order valence-electron chi connectivity index (χ4n) is 5.54. The van der Waals surface area contributed by atoms with Gasteiger partial charge >= 0.3 is 6.09 Å². The standard InChI is InChI=1S/C39H38N4O2/c1-39(2,3)45-38(44)43(27-28-13-5-4-6-14-28)36-25-33(24-23-31-19-11-17-29-15-7-9-21-34(29)31)41-37(42-36)40-26-32-20-12-18-30-16-8-10-22-35(30)32/h4-22,25H,23-24,26-27H2,1-3H3,(H,40,41,42). The summed E-state index contributed by atoms with van der Waals surface area (Å²) in [6.07, 6.45) is 1.02. The lowest BCUT2D eigenvalue weighted by atomic mass is 10.00. The van der Waals surface area contributed by atoms with Crippen LogP contribution in [0.3, 0.4) is 0 Å². The van der Waals surface area contributed by atoms with Gasteiger partial charge in [0, 0.05) is 18.3 Å². The van der Waals surface area contributed by atoms with Crippen LogP contribution in [0.15, 0.2) is 121 Å². The predicted molar refractivity (Wildman–Crippen MR) is 184 cm³/mol. The number of anilines is 2. The Labute approximate surface area is 264 Å². The molecule has 0 unspecified atom stereocenters. The van der Waals surface area contributed by atoms with Gasteiger partial charge in [-0.3, -0.25) is 4.90 Å².